The second-order valence-electron chi connectivity index (χ2n) is 5.86. The molecule has 6 nitrogen and oxygen atoms in total. The van der Waals surface area contributed by atoms with Gasteiger partial charge < -0.3 is 10.3 Å². The zero-order valence-corrected chi connectivity index (χ0v) is 13.5. The standard InChI is InChI=1S/C19H17N5O/c25-19(18-9-16-3-1-2-4-17(16)23-18)21-10-14-5-7-15(8-6-14)11-24-13-20-12-22-24/h1-9,12-13,23H,10-11H2,(H,21,25). The summed E-state index contributed by atoms with van der Waals surface area (Å²) in [7, 11) is 0. The molecule has 2 N–H and O–H groups in total. The van der Waals surface area contributed by atoms with E-state index in [1.807, 2.05) is 54.6 Å². The predicted molar refractivity (Wildman–Crippen MR) is 95.0 cm³/mol. The molecule has 1 amide bonds. The van der Waals surface area contributed by atoms with Crippen molar-refractivity contribution in [2.24, 2.45) is 0 Å². The predicted octanol–water partition coefficient (Wildman–Crippen LogP) is 2.74. The lowest BCUT2D eigenvalue weighted by molar-refractivity contribution is 0.0947. The summed E-state index contributed by atoms with van der Waals surface area (Å²) in [5, 5.41) is 8.07. The number of carbonyl (C=O) groups is 1. The Balaban J connectivity index is 1.38. The highest BCUT2D eigenvalue weighted by Gasteiger charge is 2.08. The van der Waals surface area contributed by atoms with E-state index in [1.54, 1.807) is 11.0 Å². The van der Waals surface area contributed by atoms with Crippen molar-refractivity contribution in [2.75, 3.05) is 0 Å². The van der Waals surface area contributed by atoms with E-state index < -0.39 is 0 Å². The molecule has 0 saturated carbocycles. The number of rotatable bonds is 5. The van der Waals surface area contributed by atoms with Gasteiger partial charge in [-0.3, -0.25) is 4.79 Å². The van der Waals surface area contributed by atoms with E-state index in [4.69, 9.17) is 0 Å². The first-order chi connectivity index (χ1) is 12.3. The second kappa shape index (κ2) is 6.60. The number of nitrogens with zero attached hydrogens (tertiary/aromatic N) is 3. The van der Waals surface area contributed by atoms with Gasteiger partial charge in [-0.2, -0.15) is 5.10 Å². The van der Waals surface area contributed by atoms with Gasteiger partial charge in [0, 0.05) is 17.4 Å². The quantitative estimate of drug-likeness (QED) is 0.590. The Bertz CT molecular complexity index is 953. The molecule has 0 unspecified atom stereocenters. The molecular weight excluding hydrogens is 314 g/mol. The van der Waals surface area contributed by atoms with Gasteiger partial charge in [-0.25, -0.2) is 9.67 Å². The monoisotopic (exact) mass is 331 g/mol. The molecule has 25 heavy (non-hydrogen) atoms. The van der Waals surface area contributed by atoms with E-state index >= 15 is 0 Å². The Morgan fingerprint density at radius 2 is 1.88 bits per heavy atom. The summed E-state index contributed by atoms with van der Waals surface area (Å²) >= 11 is 0. The fourth-order valence-electron chi connectivity index (χ4n) is 2.74. The summed E-state index contributed by atoms with van der Waals surface area (Å²) in [6.45, 7) is 1.17. The van der Waals surface area contributed by atoms with E-state index in [2.05, 4.69) is 20.4 Å². The van der Waals surface area contributed by atoms with Gasteiger partial charge in [0.15, 0.2) is 0 Å². The number of H-pyrrole nitrogens is 1. The van der Waals surface area contributed by atoms with E-state index in [0.29, 0.717) is 18.8 Å². The molecule has 0 spiro atoms. The van der Waals surface area contributed by atoms with Crippen LogP contribution in [0.2, 0.25) is 0 Å². The maximum Gasteiger partial charge on any atom is 0.267 e. The Kier molecular flexibility index (Phi) is 4.00. The largest absolute Gasteiger partial charge is 0.351 e. The van der Waals surface area contributed by atoms with Crippen LogP contribution in [0.5, 0.6) is 0 Å². The highest BCUT2D eigenvalue weighted by Crippen LogP contribution is 2.14. The second-order valence-corrected chi connectivity index (χ2v) is 5.86. The topological polar surface area (TPSA) is 75.6 Å². The van der Waals surface area contributed by atoms with Crippen LogP contribution in [-0.4, -0.2) is 25.7 Å². The molecule has 0 atom stereocenters. The Morgan fingerprint density at radius 1 is 1.08 bits per heavy atom. The molecule has 2 aromatic heterocycles. The van der Waals surface area contributed by atoms with Crippen molar-refractivity contribution < 1.29 is 4.79 Å². The van der Waals surface area contributed by atoms with E-state index in [1.165, 1.54) is 6.33 Å². The molecule has 0 aliphatic heterocycles. The Hall–Kier alpha value is -3.41. The molecule has 4 aromatic rings. The van der Waals surface area contributed by atoms with Crippen LogP contribution < -0.4 is 5.32 Å². The molecule has 124 valence electrons. The van der Waals surface area contributed by atoms with Gasteiger partial charge in [-0.05, 0) is 23.3 Å². The third kappa shape index (κ3) is 3.42. The van der Waals surface area contributed by atoms with Crippen LogP contribution in [0.1, 0.15) is 21.6 Å². The average Bonchev–Trinajstić information content (AvgIpc) is 3.30. The highest BCUT2D eigenvalue weighted by molar-refractivity contribution is 5.97. The molecule has 0 aliphatic rings. The summed E-state index contributed by atoms with van der Waals surface area (Å²) in [5.74, 6) is -0.108. The van der Waals surface area contributed by atoms with E-state index in [0.717, 1.165) is 22.0 Å². The summed E-state index contributed by atoms with van der Waals surface area (Å²) in [5.41, 5.74) is 3.72. The number of hydrogen-bond donors (Lipinski definition) is 2. The first-order valence-corrected chi connectivity index (χ1v) is 8.04. The van der Waals surface area contributed by atoms with Gasteiger partial charge >= 0.3 is 0 Å². The smallest absolute Gasteiger partial charge is 0.267 e. The molecule has 2 aromatic carbocycles. The van der Waals surface area contributed by atoms with Gasteiger partial charge in [0.25, 0.3) is 5.91 Å². The normalized spacial score (nSPS) is 10.9. The van der Waals surface area contributed by atoms with Crippen LogP contribution in [0.3, 0.4) is 0 Å². The first-order valence-electron chi connectivity index (χ1n) is 8.04. The maximum absolute atomic E-state index is 12.3. The number of carbonyl (C=O) groups excluding carboxylic acids is 1. The third-order valence-electron chi connectivity index (χ3n) is 4.06. The van der Waals surface area contributed by atoms with Crippen molar-refractivity contribution in [1.82, 2.24) is 25.1 Å². The fraction of sp³-hybridized carbons (Fsp3) is 0.105. The minimum absolute atomic E-state index is 0.108. The zero-order chi connectivity index (χ0) is 17.1. The minimum Gasteiger partial charge on any atom is -0.351 e. The molecule has 0 radical (unpaired) electrons. The molecule has 0 bridgehead atoms. The van der Waals surface area contributed by atoms with Crippen LogP contribution in [0.4, 0.5) is 0 Å². The van der Waals surface area contributed by atoms with E-state index in [9.17, 15) is 4.79 Å². The van der Waals surface area contributed by atoms with Crippen LogP contribution in [0, 0.1) is 0 Å². The number of amides is 1. The molecule has 0 fully saturated rings. The fourth-order valence-corrected chi connectivity index (χ4v) is 2.74. The number of aromatic nitrogens is 4. The number of para-hydroxylation sites is 1. The molecule has 2 heterocycles. The van der Waals surface area contributed by atoms with Crippen molar-refractivity contribution in [3.05, 3.63) is 84.1 Å². The number of aromatic amines is 1. The number of nitrogens with one attached hydrogen (secondary N) is 2. The Labute approximate surface area is 144 Å². The third-order valence-corrected chi connectivity index (χ3v) is 4.06. The highest BCUT2D eigenvalue weighted by atomic mass is 16.1. The van der Waals surface area contributed by atoms with Crippen LogP contribution in [-0.2, 0) is 13.1 Å². The van der Waals surface area contributed by atoms with Gasteiger partial charge in [0.05, 0.1) is 6.54 Å². The SMILES string of the molecule is O=C(NCc1ccc(Cn2cncn2)cc1)c1cc2ccccc2[nH]1. The average molecular weight is 331 g/mol. The van der Waals surface area contributed by atoms with E-state index in [-0.39, 0.29) is 5.91 Å². The van der Waals surface area contributed by atoms with Gasteiger partial charge in [0.2, 0.25) is 0 Å². The van der Waals surface area contributed by atoms with Crippen LogP contribution >= 0.6 is 0 Å². The zero-order valence-electron chi connectivity index (χ0n) is 13.5. The Morgan fingerprint density at radius 3 is 2.64 bits per heavy atom. The van der Waals surface area contributed by atoms with Crippen molar-refractivity contribution >= 4 is 16.8 Å². The van der Waals surface area contributed by atoms with Crippen molar-refractivity contribution in [2.45, 2.75) is 13.1 Å². The van der Waals surface area contributed by atoms with Crippen LogP contribution in [0.15, 0.2) is 67.3 Å². The van der Waals surface area contributed by atoms with Crippen molar-refractivity contribution in [3.8, 4) is 0 Å². The molecule has 4 rings (SSSR count). The molecule has 0 saturated heterocycles. The summed E-state index contributed by atoms with van der Waals surface area (Å²) < 4.78 is 1.77. The summed E-state index contributed by atoms with van der Waals surface area (Å²) in [6.07, 6.45) is 3.21. The lowest BCUT2D eigenvalue weighted by atomic mass is 10.1. The number of benzene rings is 2. The van der Waals surface area contributed by atoms with Gasteiger partial charge in [0.1, 0.15) is 18.3 Å². The lowest BCUT2D eigenvalue weighted by Crippen LogP contribution is -2.23. The van der Waals surface area contributed by atoms with Gasteiger partial charge in [-0.15, -0.1) is 0 Å². The first kappa shape index (κ1) is 15.1. The number of fused-ring (bicyclic) bond motifs is 1. The molecule has 0 aliphatic carbocycles. The summed E-state index contributed by atoms with van der Waals surface area (Å²) in [6, 6.07) is 17.8. The summed E-state index contributed by atoms with van der Waals surface area (Å²) in [4.78, 5) is 19.4. The van der Waals surface area contributed by atoms with Crippen LogP contribution in [0.25, 0.3) is 10.9 Å². The van der Waals surface area contributed by atoms with Gasteiger partial charge in [-0.1, -0.05) is 42.5 Å². The van der Waals surface area contributed by atoms with Crippen molar-refractivity contribution in [3.63, 3.8) is 0 Å². The van der Waals surface area contributed by atoms with Crippen molar-refractivity contribution in [1.29, 1.82) is 0 Å². The molecular formula is C19H17N5O. The minimum atomic E-state index is -0.108. The molecule has 6 heteroatoms. The lowest BCUT2D eigenvalue weighted by Gasteiger charge is -2.06. The maximum atomic E-state index is 12.3. The number of hydrogen-bond acceptors (Lipinski definition) is 3.